The van der Waals surface area contributed by atoms with Crippen LogP contribution in [0.25, 0.3) is 38.3 Å². The van der Waals surface area contributed by atoms with Gasteiger partial charge in [-0.05, 0) is 36.8 Å². The Hall–Kier alpha value is -3.92. The average Bonchev–Trinajstić information content (AvgIpc) is 3.16. The SMILES string of the molecule is CCCCN1C(=O)c2cccc3c(-n4c5ccccc5c5ccccc54)ccc(c23)C1=O. The Labute approximate surface area is 185 Å². The van der Waals surface area contributed by atoms with Crippen LogP contribution in [0.5, 0.6) is 0 Å². The normalized spacial score (nSPS) is 13.6. The second-order valence-electron chi connectivity index (χ2n) is 8.35. The van der Waals surface area contributed by atoms with E-state index in [4.69, 9.17) is 0 Å². The van der Waals surface area contributed by atoms with Gasteiger partial charge in [-0.3, -0.25) is 14.5 Å². The van der Waals surface area contributed by atoms with Crippen molar-refractivity contribution in [1.29, 1.82) is 0 Å². The van der Waals surface area contributed by atoms with Gasteiger partial charge in [-0.15, -0.1) is 0 Å². The summed E-state index contributed by atoms with van der Waals surface area (Å²) >= 11 is 0. The van der Waals surface area contributed by atoms with Gasteiger partial charge in [0.2, 0.25) is 0 Å². The Morgan fingerprint density at radius 3 is 1.91 bits per heavy atom. The number of amides is 2. The highest BCUT2D eigenvalue weighted by atomic mass is 16.2. The molecule has 1 aliphatic heterocycles. The Kier molecular flexibility index (Phi) is 4.15. The van der Waals surface area contributed by atoms with Crippen molar-refractivity contribution in [1.82, 2.24) is 9.47 Å². The van der Waals surface area contributed by atoms with Crippen LogP contribution in [0, 0.1) is 0 Å². The number of carbonyl (C=O) groups is 2. The van der Waals surface area contributed by atoms with Crippen molar-refractivity contribution >= 4 is 44.4 Å². The van der Waals surface area contributed by atoms with E-state index in [0.717, 1.165) is 40.3 Å². The van der Waals surface area contributed by atoms with Crippen molar-refractivity contribution in [3.05, 3.63) is 90.0 Å². The fourth-order valence-electron chi connectivity index (χ4n) is 5.03. The number of nitrogens with zero attached hydrogens (tertiary/aromatic N) is 2. The maximum absolute atomic E-state index is 13.2. The minimum Gasteiger partial charge on any atom is -0.309 e. The highest BCUT2D eigenvalue weighted by Crippen LogP contribution is 2.38. The third-order valence-electron chi connectivity index (χ3n) is 6.52. The van der Waals surface area contributed by atoms with E-state index in [-0.39, 0.29) is 11.8 Å². The third-order valence-corrected chi connectivity index (χ3v) is 6.52. The van der Waals surface area contributed by atoms with Gasteiger partial charge in [0.1, 0.15) is 0 Å². The third kappa shape index (κ3) is 2.50. The topological polar surface area (TPSA) is 42.3 Å². The van der Waals surface area contributed by atoms with E-state index in [1.165, 1.54) is 15.7 Å². The lowest BCUT2D eigenvalue weighted by atomic mass is 9.92. The number of hydrogen-bond acceptors (Lipinski definition) is 2. The molecule has 0 saturated heterocycles. The minimum absolute atomic E-state index is 0.194. The molecule has 1 aromatic heterocycles. The largest absolute Gasteiger partial charge is 0.309 e. The van der Waals surface area contributed by atoms with Crippen molar-refractivity contribution in [3.8, 4) is 5.69 Å². The molecule has 156 valence electrons. The van der Waals surface area contributed by atoms with Gasteiger partial charge >= 0.3 is 0 Å². The van der Waals surface area contributed by atoms with Gasteiger partial charge < -0.3 is 4.57 Å². The van der Waals surface area contributed by atoms with Crippen molar-refractivity contribution in [2.45, 2.75) is 19.8 Å². The second-order valence-corrected chi connectivity index (χ2v) is 8.35. The first-order chi connectivity index (χ1) is 15.7. The Morgan fingerprint density at radius 2 is 1.25 bits per heavy atom. The molecule has 0 N–H and O–H groups in total. The number of carbonyl (C=O) groups excluding carboxylic acids is 2. The number of aromatic nitrogens is 1. The zero-order chi connectivity index (χ0) is 21.8. The lowest BCUT2D eigenvalue weighted by molar-refractivity contribution is 0.0608. The number of hydrogen-bond donors (Lipinski definition) is 0. The molecule has 4 nitrogen and oxygen atoms in total. The van der Waals surface area contributed by atoms with Crippen LogP contribution in [0.15, 0.2) is 78.9 Å². The Bertz CT molecular complexity index is 1490. The average molecular weight is 418 g/mol. The fraction of sp³-hybridized carbons (Fsp3) is 0.143. The molecule has 4 heteroatoms. The quantitative estimate of drug-likeness (QED) is 0.320. The summed E-state index contributed by atoms with van der Waals surface area (Å²) in [5.74, 6) is -0.387. The first kappa shape index (κ1) is 18.8. The predicted octanol–water partition coefficient (Wildman–Crippen LogP) is 6.33. The Morgan fingerprint density at radius 1 is 0.656 bits per heavy atom. The zero-order valence-electron chi connectivity index (χ0n) is 17.8. The minimum atomic E-state index is -0.194. The van der Waals surface area contributed by atoms with Crippen LogP contribution >= 0.6 is 0 Å². The summed E-state index contributed by atoms with van der Waals surface area (Å²) in [7, 11) is 0. The number of unbranched alkanes of at least 4 members (excludes halogenated alkanes) is 1. The molecule has 2 heterocycles. The molecule has 0 saturated carbocycles. The highest BCUT2D eigenvalue weighted by molar-refractivity contribution is 6.26. The van der Waals surface area contributed by atoms with Gasteiger partial charge in [0.15, 0.2) is 0 Å². The molecular weight excluding hydrogens is 396 g/mol. The zero-order valence-corrected chi connectivity index (χ0v) is 17.8. The molecule has 2 amide bonds. The van der Waals surface area contributed by atoms with Crippen LogP contribution in [0.4, 0.5) is 0 Å². The van der Waals surface area contributed by atoms with E-state index in [1.807, 2.05) is 42.5 Å². The smallest absolute Gasteiger partial charge is 0.261 e. The highest BCUT2D eigenvalue weighted by Gasteiger charge is 2.33. The first-order valence-electron chi connectivity index (χ1n) is 11.1. The Balaban J connectivity index is 1.67. The van der Waals surface area contributed by atoms with Gasteiger partial charge in [-0.25, -0.2) is 0 Å². The summed E-state index contributed by atoms with van der Waals surface area (Å²) in [6, 6.07) is 26.4. The summed E-state index contributed by atoms with van der Waals surface area (Å²) < 4.78 is 2.24. The maximum atomic E-state index is 13.2. The van der Waals surface area contributed by atoms with E-state index >= 15 is 0 Å². The van der Waals surface area contributed by atoms with Gasteiger partial charge in [0, 0.05) is 39.2 Å². The number of fused-ring (bicyclic) bond motifs is 3. The molecule has 0 fully saturated rings. The molecule has 32 heavy (non-hydrogen) atoms. The fourth-order valence-corrected chi connectivity index (χ4v) is 5.03. The summed E-state index contributed by atoms with van der Waals surface area (Å²) in [6.45, 7) is 2.52. The summed E-state index contributed by atoms with van der Waals surface area (Å²) in [4.78, 5) is 27.9. The molecule has 0 unspecified atom stereocenters. The van der Waals surface area contributed by atoms with Gasteiger partial charge in [0.25, 0.3) is 11.8 Å². The van der Waals surface area contributed by atoms with E-state index < -0.39 is 0 Å². The number of para-hydroxylation sites is 2. The molecule has 5 aromatic rings. The summed E-state index contributed by atoms with van der Waals surface area (Å²) in [5, 5.41) is 4.04. The van der Waals surface area contributed by atoms with E-state index in [2.05, 4.69) is 47.9 Å². The molecule has 4 aromatic carbocycles. The van der Waals surface area contributed by atoms with Crippen molar-refractivity contribution in [2.24, 2.45) is 0 Å². The summed E-state index contributed by atoms with van der Waals surface area (Å²) in [5.41, 5.74) is 4.40. The first-order valence-corrected chi connectivity index (χ1v) is 11.1. The molecule has 0 atom stereocenters. The lowest BCUT2D eigenvalue weighted by Crippen LogP contribution is -2.40. The number of rotatable bonds is 4. The van der Waals surface area contributed by atoms with Gasteiger partial charge in [-0.2, -0.15) is 0 Å². The number of imide groups is 1. The van der Waals surface area contributed by atoms with Crippen LogP contribution in [-0.4, -0.2) is 27.8 Å². The van der Waals surface area contributed by atoms with E-state index in [1.54, 1.807) is 0 Å². The number of benzene rings is 4. The standard InChI is InChI=1S/C28H22N2O2/c1-2-3-17-29-27(31)21-12-8-11-20-25(16-15-22(26(20)21)28(29)32)30-23-13-6-4-9-18(23)19-10-5-7-14-24(19)30/h4-16H,2-3,17H2,1H3. The van der Waals surface area contributed by atoms with Crippen LogP contribution in [-0.2, 0) is 0 Å². The molecule has 0 spiro atoms. The van der Waals surface area contributed by atoms with Gasteiger partial charge in [-0.1, -0.05) is 61.9 Å². The molecule has 1 aliphatic rings. The molecule has 6 rings (SSSR count). The van der Waals surface area contributed by atoms with E-state index in [9.17, 15) is 9.59 Å². The van der Waals surface area contributed by atoms with Crippen LogP contribution < -0.4 is 0 Å². The molecular formula is C28H22N2O2. The molecule has 0 aliphatic carbocycles. The predicted molar refractivity (Wildman–Crippen MR) is 129 cm³/mol. The molecule has 0 radical (unpaired) electrons. The van der Waals surface area contributed by atoms with Crippen molar-refractivity contribution in [3.63, 3.8) is 0 Å². The van der Waals surface area contributed by atoms with Crippen molar-refractivity contribution in [2.75, 3.05) is 6.54 Å². The van der Waals surface area contributed by atoms with Crippen molar-refractivity contribution < 1.29 is 9.59 Å². The van der Waals surface area contributed by atoms with Gasteiger partial charge in [0.05, 0.1) is 16.7 Å². The summed E-state index contributed by atoms with van der Waals surface area (Å²) in [6.07, 6.45) is 1.74. The monoisotopic (exact) mass is 418 g/mol. The van der Waals surface area contributed by atoms with Crippen LogP contribution in [0.2, 0.25) is 0 Å². The van der Waals surface area contributed by atoms with Crippen LogP contribution in [0.1, 0.15) is 40.5 Å². The van der Waals surface area contributed by atoms with E-state index in [0.29, 0.717) is 17.7 Å². The van der Waals surface area contributed by atoms with Crippen LogP contribution in [0.3, 0.4) is 0 Å². The lowest BCUT2D eigenvalue weighted by Gasteiger charge is -2.28. The molecule has 0 bridgehead atoms. The maximum Gasteiger partial charge on any atom is 0.261 e. The second kappa shape index (κ2) is 7.06.